The minimum absolute atomic E-state index is 0.0390. The van der Waals surface area contributed by atoms with Crippen molar-refractivity contribution < 1.29 is 37.5 Å². The van der Waals surface area contributed by atoms with Crippen LogP contribution in [0.4, 0.5) is 13.6 Å². The average molecular weight is 700 g/mol. The van der Waals surface area contributed by atoms with Crippen LogP contribution in [-0.4, -0.2) is 92.4 Å². The number of aromatic nitrogens is 1. The van der Waals surface area contributed by atoms with Gasteiger partial charge in [-0.15, -0.1) is 0 Å². The predicted octanol–water partition coefficient (Wildman–Crippen LogP) is 5.09. The highest BCUT2D eigenvalue weighted by molar-refractivity contribution is 6.22. The van der Waals surface area contributed by atoms with E-state index in [9.17, 15) is 32.8 Å². The second kappa shape index (κ2) is 14.5. The zero-order valence-electron chi connectivity index (χ0n) is 27.9. The van der Waals surface area contributed by atoms with Gasteiger partial charge in [-0.25, -0.2) is 18.0 Å². The van der Waals surface area contributed by atoms with E-state index in [1.165, 1.54) is 35.9 Å². The van der Waals surface area contributed by atoms with Crippen molar-refractivity contribution in [2.75, 3.05) is 26.2 Å². The normalized spacial score (nSPS) is 19.3. The van der Waals surface area contributed by atoms with E-state index >= 15 is 0 Å². The average Bonchev–Trinajstić information content (AvgIpc) is 3.77. The van der Waals surface area contributed by atoms with E-state index < -0.39 is 41.5 Å². The number of hydrogen-bond acceptors (Lipinski definition) is 6. The van der Waals surface area contributed by atoms with Gasteiger partial charge in [-0.05, 0) is 58.2 Å². The summed E-state index contributed by atoms with van der Waals surface area (Å²) in [5.41, 5.74) is 0.615. The molecule has 2 saturated heterocycles. The number of rotatable bonds is 9. The Kier molecular flexibility index (Phi) is 10.6. The van der Waals surface area contributed by atoms with Gasteiger partial charge in [0.05, 0.1) is 18.6 Å². The van der Waals surface area contributed by atoms with Crippen molar-refractivity contribution in [2.45, 2.75) is 71.4 Å². The minimum atomic E-state index is -1.48. The Morgan fingerprint density at radius 1 is 1.08 bits per heavy atom. The molecule has 0 bridgehead atoms. The van der Waals surface area contributed by atoms with Gasteiger partial charge in [0, 0.05) is 66.1 Å². The molecular formula is C35H40ClF2N5O6. The third kappa shape index (κ3) is 8.38. The number of likely N-dealkylation sites (tertiary alicyclic amines) is 2. The molecule has 1 unspecified atom stereocenters. The molecule has 1 aromatic heterocycles. The van der Waals surface area contributed by atoms with Gasteiger partial charge < -0.3 is 24.4 Å². The SMILES string of the molecule is CC(=O)c1cn(CC(=O)N2C[C@H](F)C[C@H]2C(=O)N(Cl)Cc2ccccc2F)c2cc(C(=O)NCC3CCN(C(=O)OC(C)(C)C)C3)ccc12. The summed E-state index contributed by atoms with van der Waals surface area (Å²) in [5.74, 6) is -2.47. The molecule has 3 atom stereocenters. The quantitative estimate of drug-likeness (QED) is 0.245. The molecule has 2 aliphatic rings. The number of halogens is 3. The highest BCUT2D eigenvalue weighted by atomic mass is 35.5. The highest BCUT2D eigenvalue weighted by Crippen LogP contribution is 2.28. The van der Waals surface area contributed by atoms with Crippen LogP contribution in [-0.2, 0) is 27.4 Å². The summed E-state index contributed by atoms with van der Waals surface area (Å²) in [6.45, 7) is 7.14. The predicted molar refractivity (Wildman–Crippen MR) is 178 cm³/mol. The first kappa shape index (κ1) is 35.8. The summed E-state index contributed by atoms with van der Waals surface area (Å²) in [4.78, 5) is 67.7. The van der Waals surface area contributed by atoms with Crippen LogP contribution in [0.5, 0.6) is 0 Å². The third-order valence-electron chi connectivity index (χ3n) is 8.68. The third-order valence-corrected chi connectivity index (χ3v) is 8.97. The van der Waals surface area contributed by atoms with Gasteiger partial charge in [0.1, 0.15) is 30.2 Å². The molecule has 0 saturated carbocycles. The fourth-order valence-corrected chi connectivity index (χ4v) is 6.46. The molecule has 2 fully saturated rings. The number of Topliss-reactive ketones (excluding diaryl/α,β-unsaturated/α-hetero) is 1. The number of carbonyl (C=O) groups excluding carboxylic acids is 5. The fraction of sp³-hybridized carbons (Fsp3) is 0.457. The Morgan fingerprint density at radius 3 is 2.51 bits per heavy atom. The molecule has 1 N–H and O–H groups in total. The molecule has 262 valence electrons. The van der Waals surface area contributed by atoms with E-state index in [4.69, 9.17) is 16.5 Å². The van der Waals surface area contributed by atoms with Gasteiger partial charge >= 0.3 is 6.09 Å². The van der Waals surface area contributed by atoms with Gasteiger partial charge in [-0.3, -0.25) is 19.2 Å². The lowest BCUT2D eigenvalue weighted by molar-refractivity contribution is -0.141. The first-order chi connectivity index (χ1) is 23.1. The molecule has 3 heterocycles. The van der Waals surface area contributed by atoms with E-state index in [-0.39, 0.29) is 49.2 Å². The maximum atomic E-state index is 14.7. The Bertz CT molecular complexity index is 1770. The summed E-state index contributed by atoms with van der Waals surface area (Å²) >= 11 is 6.22. The lowest BCUT2D eigenvalue weighted by Gasteiger charge is -2.26. The largest absolute Gasteiger partial charge is 0.444 e. The Morgan fingerprint density at radius 2 is 1.82 bits per heavy atom. The van der Waals surface area contributed by atoms with Crippen LogP contribution >= 0.6 is 11.8 Å². The lowest BCUT2D eigenvalue weighted by Crippen LogP contribution is -2.46. The van der Waals surface area contributed by atoms with Crippen LogP contribution in [0.3, 0.4) is 0 Å². The Balaban J connectivity index is 1.28. The van der Waals surface area contributed by atoms with Gasteiger partial charge in [-0.2, -0.15) is 0 Å². The molecule has 3 aromatic rings. The van der Waals surface area contributed by atoms with Gasteiger partial charge in [0.25, 0.3) is 11.8 Å². The smallest absolute Gasteiger partial charge is 0.410 e. The summed E-state index contributed by atoms with van der Waals surface area (Å²) in [5, 5.41) is 3.44. The molecule has 5 rings (SSSR count). The van der Waals surface area contributed by atoms with Gasteiger partial charge in [-0.1, -0.05) is 24.3 Å². The Hall–Kier alpha value is -4.52. The van der Waals surface area contributed by atoms with Crippen molar-refractivity contribution in [3.05, 3.63) is 71.2 Å². The number of alkyl halides is 1. The number of hydrogen-bond donors (Lipinski definition) is 1. The number of fused-ring (bicyclic) bond motifs is 1. The van der Waals surface area contributed by atoms with E-state index in [0.29, 0.717) is 48.1 Å². The first-order valence-corrected chi connectivity index (χ1v) is 16.5. The molecule has 2 aromatic carbocycles. The number of ether oxygens (including phenoxy) is 1. The molecule has 0 radical (unpaired) electrons. The van der Waals surface area contributed by atoms with Crippen LogP contribution in [0.2, 0.25) is 0 Å². The van der Waals surface area contributed by atoms with Crippen molar-refractivity contribution in [3.8, 4) is 0 Å². The number of amides is 4. The van der Waals surface area contributed by atoms with Crippen molar-refractivity contribution in [1.29, 1.82) is 0 Å². The van der Waals surface area contributed by atoms with Gasteiger partial charge in [0.15, 0.2) is 5.78 Å². The molecule has 2 aliphatic heterocycles. The first-order valence-electron chi connectivity index (χ1n) is 16.1. The molecule has 14 heteroatoms. The van der Waals surface area contributed by atoms with E-state index in [1.807, 2.05) is 0 Å². The topological polar surface area (TPSA) is 121 Å². The van der Waals surface area contributed by atoms with Crippen LogP contribution in [0.25, 0.3) is 10.9 Å². The molecular weight excluding hydrogens is 660 g/mol. The highest BCUT2D eigenvalue weighted by Gasteiger charge is 2.42. The van der Waals surface area contributed by atoms with E-state index in [1.54, 1.807) is 49.9 Å². The molecule has 0 spiro atoms. The second-order valence-corrected chi connectivity index (χ2v) is 14.0. The summed E-state index contributed by atoms with van der Waals surface area (Å²) in [6.07, 6.45) is 0.0735. The Labute approximate surface area is 288 Å². The lowest BCUT2D eigenvalue weighted by atomic mass is 10.1. The minimum Gasteiger partial charge on any atom is -0.444 e. The van der Waals surface area contributed by atoms with Gasteiger partial charge in [0.2, 0.25) is 5.91 Å². The van der Waals surface area contributed by atoms with E-state index in [0.717, 1.165) is 9.32 Å². The zero-order chi connectivity index (χ0) is 35.6. The van der Waals surface area contributed by atoms with Crippen molar-refractivity contribution in [3.63, 3.8) is 0 Å². The fourth-order valence-electron chi connectivity index (χ4n) is 6.22. The molecule has 11 nitrogen and oxygen atoms in total. The number of benzene rings is 2. The molecule has 0 aliphatic carbocycles. The number of carbonyl (C=O) groups is 5. The number of nitrogens with zero attached hydrogens (tertiary/aromatic N) is 4. The monoisotopic (exact) mass is 699 g/mol. The summed E-state index contributed by atoms with van der Waals surface area (Å²) < 4.78 is 36.5. The summed E-state index contributed by atoms with van der Waals surface area (Å²) in [7, 11) is 0. The van der Waals surface area contributed by atoms with E-state index in [2.05, 4.69) is 5.32 Å². The van der Waals surface area contributed by atoms with Crippen LogP contribution in [0, 0.1) is 11.7 Å². The number of nitrogens with one attached hydrogen (secondary N) is 1. The van der Waals surface area contributed by atoms with Crippen molar-refractivity contribution >= 4 is 52.3 Å². The number of ketones is 1. The standard InChI is InChI=1S/C35H40ClF2N5O6/c1-21(44)27-19-41(20-31(45)42-18-25(37)14-30(42)33(47)43(36)17-24-7-5-6-8-28(24)38)29-13-23(9-10-26(27)29)32(46)39-15-22-11-12-40(16-22)34(48)49-35(2,3)4/h5-10,13,19,22,25,30H,11-12,14-18,20H2,1-4H3,(H,39,46)/t22?,25-,30+/m1/s1. The second-order valence-electron chi connectivity index (χ2n) is 13.6. The maximum absolute atomic E-state index is 14.7. The van der Waals surface area contributed by atoms with Crippen LogP contribution in [0.15, 0.2) is 48.7 Å². The molecule has 49 heavy (non-hydrogen) atoms. The summed E-state index contributed by atoms with van der Waals surface area (Å²) in [6, 6.07) is 9.40. The maximum Gasteiger partial charge on any atom is 0.410 e. The molecule has 4 amide bonds. The van der Waals surface area contributed by atoms with Crippen LogP contribution < -0.4 is 5.32 Å². The van der Waals surface area contributed by atoms with Crippen molar-refractivity contribution in [2.24, 2.45) is 5.92 Å². The van der Waals surface area contributed by atoms with Crippen molar-refractivity contribution in [1.82, 2.24) is 24.1 Å². The van der Waals surface area contributed by atoms with Crippen LogP contribution in [0.1, 0.15) is 66.8 Å². The zero-order valence-corrected chi connectivity index (χ0v) is 28.6.